The van der Waals surface area contributed by atoms with E-state index in [1.165, 1.54) is 57.8 Å². The standard InChI is InChI=1S/C19H38O2/c1-5-7-8-9-10-11-13-19(20)21-16-18(12-6-2)15-14-17(3)4/h17-18H,5-16H2,1-4H3. The maximum Gasteiger partial charge on any atom is 0.305 e. The van der Waals surface area contributed by atoms with Gasteiger partial charge in [-0.1, -0.05) is 72.6 Å². The van der Waals surface area contributed by atoms with Crippen LogP contribution in [0.4, 0.5) is 0 Å². The van der Waals surface area contributed by atoms with Gasteiger partial charge >= 0.3 is 5.97 Å². The topological polar surface area (TPSA) is 26.3 Å². The van der Waals surface area contributed by atoms with Crippen molar-refractivity contribution in [2.75, 3.05) is 6.61 Å². The molecule has 0 aromatic rings. The van der Waals surface area contributed by atoms with Crippen LogP contribution in [-0.2, 0) is 9.53 Å². The van der Waals surface area contributed by atoms with Crippen LogP contribution >= 0.6 is 0 Å². The summed E-state index contributed by atoms with van der Waals surface area (Å²) in [6.07, 6.45) is 12.7. The van der Waals surface area contributed by atoms with E-state index in [1.807, 2.05) is 0 Å². The Kier molecular flexibility index (Phi) is 14.0. The molecule has 0 aliphatic rings. The molecule has 0 saturated heterocycles. The highest BCUT2D eigenvalue weighted by Crippen LogP contribution is 2.18. The largest absolute Gasteiger partial charge is 0.465 e. The molecule has 1 atom stereocenters. The Morgan fingerprint density at radius 2 is 1.52 bits per heavy atom. The molecule has 0 saturated carbocycles. The average Bonchev–Trinajstić information content (AvgIpc) is 2.45. The molecule has 0 aromatic carbocycles. The monoisotopic (exact) mass is 298 g/mol. The van der Waals surface area contributed by atoms with Crippen LogP contribution in [0.25, 0.3) is 0 Å². The first kappa shape index (κ1) is 20.5. The van der Waals surface area contributed by atoms with Gasteiger partial charge in [0.05, 0.1) is 6.61 Å². The first-order chi connectivity index (χ1) is 10.1. The van der Waals surface area contributed by atoms with E-state index < -0.39 is 0 Å². The van der Waals surface area contributed by atoms with Crippen LogP contribution < -0.4 is 0 Å². The van der Waals surface area contributed by atoms with Gasteiger partial charge in [-0.3, -0.25) is 4.79 Å². The third-order valence-electron chi connectivity index (χ3n) is 4.06. The lowest BCUT2D eigenvalue weighted by Crippen LogP contribution is -2.15. The van der Waals surface area contributed by atoms with E-state index in [-0.39, 0.29) is 5.97 Å². The van der Waals surface area contributed by atoms with Crippen molar-refractivity contribution >= 4 is 5.97 Å². The second-order valence-corrected chi connectivity index (χ2v) is 6.83. The number of rotatable bonds is 14. The zero-order valence-electron chi connectivity index (χ0n) is 15.0. The van der Waals surface area contributed by atoms with E-state index in [9.17, 15) is 4.79 Å². The quantitative estimate of drug-likeness (QED) is 0.285. The zero-order chi connectivity index (χ0) is 15.9. The third-order valence-corrected chi connectivity index (χ3v) is 4.06. The van der Waals surface area contributed by atoms with Gasteiger partial charge in [-0.05, 0) is 31.1 Å². The molecule has 2 heteroatoms. The summed E-state index contributed by atoms with van der Waals surface area (Å²) in [4.78, 5) is 11.8. The first-order valence-electron chi connectivity index (χ1n) is 9.25. The molecule has 0 aliphatic carbocycles. The van der Waals surface area contributed by atoms with Crippen molar-refractivity contribution in [3.05, 3.63) is 0 Å². The minimum absolute atomic E-state index is 0.0103. The fraction of sp³-hybridized carbons (Fsp3) is 0.947. The van der Waals surface area contributed by atoms with Crippen LogP contribution in [-0.4, -0.2) is 12.6 Å². The summed E-state index contributed by atoms with van der Waals surface area (Å²) in [5.74, 6) is 1.31. The van der Waals surface area contributed by atoms with Gasteiger partial charge in [-0.25, -0.2) is 0 Å². The van der Waals surface area contributed by atoms with Gasteiger partial charge in [0.1, 0.15) is 0 Å². The molecule has 0 N–H and O–H groups in total. The number of carbonyl (C=O) groups is 1. The molecule has 0 radical (unpaired) electrons. The van der Waals surface area contributed by atoms with Gasteiger partial charge in [-0.2, -0.15) is 0 Å². The first-order valence-corrected chi connectivity index (χ1v) is 9.25. The lowest BCUT2D eigenvalue weighted by molar-refractivity contribution is -0.145. The van der Waals surface area contributed by atoms with Gasteiger partial charge < -0.3 is 4.74 Å². The second kappa shape index (κ2) is 14.4. The van der Waals surface area contributed by atoms with Crippen molar-refractivity contribution in [3.63, 3.8) is 0 Å². The number of hydrogen-bond acceptors (Lipinski definition) is 2. The summed E-state index contributed by atoms with van der Waals surface area (Å²) in [5, 5.41) is 0. The second-order valence-electron chi connectivity index (χ2n) is 6.83. The number of esters is 1. The molecule has 0 heterocycles. The Labute approximate surface area is 133 Å². The number of ether oxygens (including phenoxy) is 1. The molecule has 0 spiro atoms. The molecule has 0 aromatic heterocycles. The minimum Gasteiger partial charge on any atom is -0.465 e. The summed E-state index contributed by atoms with van der Waals surface area (Å²) in [5.41, 5.74) is 0. The van der Waals surface area contributed by atoms with E-state index in [4.69, 9.17) is 4.74 Å². The van der Waals surface area contributed by atoms with Gasteiger partial charge in [-0.15, -0.1) is 0 Å². The number of unbranched alkanes of at least 4 members (excludes halogenated alkanes) is 5. The highest BCUT2D eigenvalue weighted by Gasteiger charge is 2.12. The fourth-order valence-electron chi connectivity index (χ4n) is 2.62. The van der Waals surface area contributed by atoms with Crippen LogP contribution in [0.2, 0.25) is 0 Å². The molecule has 21 heavy (non-hydrogen) atoms. The zero-order valence-corrected chi connectivity index (χ0v) is 15.0. The van der Waals surface area contributed by atoms with Crippen molar-refractivity contribution in [1.29, 1.82) is 0 Å². The Bertz CT molecular complexity index is 236. The van der Waals surface area contributed by atoms with E-state index in [0.29, 0.717) is 18.9 Å². The maximum atomic E-state index is 11.8. The Balaban J connectivity index is 3.66. The van der Waals surface area contributed by atoms with Crippen LogP contribution in [0, 0.1) is 11.8 Å². The van der Waals surface area contributed by atoms with Crippen molar-refractivity contribution in [3.8, 4) is 0 Å². The van der Waals surface area contributed by atoms with Crippen LogP contribution in [0.15, 0.2) is 0 Å². The molecular formula is C19H38O2. The van der Waals surface area contributed by atoms with Crippen LogP contribution in [0.3, 0.4) is 0 Å². The van der Waals surface area contributed by atoms with E-state index in [0.717, 1.165) is 12.3 Å². The summed E-state index contributed by atoms with van der Waals surface area (Å²) in [6.45, 7) is 9.58. The van der Waals surface area contributed by atoms with Gasteiger partial charge in [0.2, 0.25) is 0 Å². The SMILES string of the molecule is CCCCCCCCC(=O)OCC(CCC)CCC(C)C. The van der Waals surface area contributed by atoms with Crippen LogP contribution in [0.5, 0.6) is 0 Å². The molecular weight excluding hydrogens is 260 g/mol. The van der Waals surface area contributed by atoms with Crippen molar-refractivity contribution in [1.82, 2.24) is 0 Å². The molecule has 0 bridgehead atoms. The van der Waals surface area contributed by atoms with Gasteiger partial charge in [0, 0.05) is 6.42 Å². The van der Waals surface area contributed by atoms with Crippen molar-refractivity contribution in [2.45, 2.75) is 98.3 Å². The molecule has 0 fully saturated rings. The summed E-state index contributed by atoms with van der Waals surface area (Å²) in [6, 6.07) is 0. The minimum atomic E-state index is 0.0103. The third kappa shape index (κ3) is 14.2. The van der Waals surface area contributed by atoms with E-state index >= 15 is 0 Å². The summed E-state index contributed by atoms with van der Waals surface area (Å²) >= 11 is 0. The lowest BCUT2D eigenvalue weighted by atomic mass is 9.95. The number of carbonyl (C=O) groups excluding carboxylic acids is 1. The predicted octanol–water partition coefficient (Wildman–Crippen LogP) is 6.13. The molecule has 0 amide bonds. The van der Waals surface area contributed by atoms with Gasteiger partial charge in [0.15, 0.2) is 0 Å². The predicted molar refractivity (Wildman–Crippen MR) is 91.4 cm³/mol. The molecule has 0 rings (SSSR count). The van der Waals surface area contributed by atoms with Crippen molar-refractivity contribution in [2.24, 2.45) is 11.8 Å². The Morgan fingerprint density at radius 3 is 2.14 bits per heavy atom. The molecule has 2 nitrogen and oxygen atoms in total. The maximum absolute atomic E-state index is 11.8. The number of hydrogen-bond donors (Lipinski definition) is 0. The Morgan fingerprint density at radius 1 is 0.857 bits per heavy atom. The van der Waals surface area contributed by atoms with Gasteiger partial charge in [0.25, 0.3) is 0 Å². The lowest BCUT2D eigenvalue weighted by Gasteiger charge is -2.17. The van der Waals surface area contributed by atoms with Crippen molar-refractivity contribution < 1.29 is 9.53 Å². The smallest absolute Gasteiger partial charge is 0.305 e. The van der Waals surface area contributed by atoms with E-state index in [2.05, 4.69) is 27.7 Å². The van der Waals surface area contributed by atoms with Crippen LogP contribution in [0.1, 0.15) is 98.3 Å². The molecule has 126 valence electrons. The van der Waals surface area contributed by atoms with E-state index in [1.54, 1.807) is 0 Å². The summed E-state index contributed by atoms with van der Waals surface area (Å²) in [7, 11) is 0. The highest BCUT2D eigenvalue weighted by molar-refractivity contribution is 5.69. The molecule has 1 unspecified atom stereocenters. The summed E-state index contributed by atoms with van der Waals surface area (Å²) < 4.78 is 5.48. The fourth-order valence-corrected chi connectivity index (χ4v) is 2.62. The average molecular weight is 299 g/mol. The molecule has 0 aliphatic heterocycles. The Hall–Kier alpha value is -0.530. The normalized spacial score (nSPS) is 12.6. The highest BCUT2D eigenvalue weighted by atomic mass is 16.5.